The van der Waals surface area contributed by atoms with E-state index >= 15 is 0 Å². The Bertz CT molecular complexity index is 1100. The van der Waals surface area contributed by atoms with Crippen LogP contribution >= 0.6 is 0 Å². The number of likely N-dealkylation sites (N-methyl/N-ethyl adjacent to an activating group) is 1. The molecule has 0 bridgehead atoms. The maximum Gasteiger partial charge on any atom is 0.257 e. The summed E-state index contributed by atoms with van der Waals surface area (Å²) in [6.07, 6.45) is 0.961. The third-order valence-electron chi connectivity index (χ3n) is 6.41. The van der Waals surface area contributed by atoms with Crippen LogP contribution in [0, 0.1) is 0 Å². The van der Waals surface area contributed by atoms with Gasteiger partial charge in [0.1, 0.15) is 24.2 Å². The second-order valence-corrected chi connectivity index (χ2v) is 8.85. The van der Waals surface area contributed by atoms with Gasteiger partial charge in [-0.05, 0) is 37.1 Å². The van der Waals surface area contributed by atoms with Crippen molar-refractivity contribution in [3.8, 4) is 11.5 Å². The van der Waals surface area contributed by atoms with E-state index in [9.17, 15) is 14.4 Å². The van der Waals surface area contributed by atoms with Crippen LogP contribution in [0.15, 0.2) is 42.5 Å². The number of rotatable bonds is 6. The normalized spacial score (nSPS) is 21.5. The highest BCUT2D eigenvalue weighted by Gasteiger charge is 2.39. The first-order valence-electron chi connectivity index (χ1n) is 11.7. The molecule has 35 heavy (non-hydrogen) atoms. The monoisotopic (exact) mass is 481 g/mol. The summed E-state index contributed by atoms with van der Waals surface area (Å²) in [4.78, 5) is 38.9. The van der Waals surface area contributed by atoms with Crippen LogP contribution in [0.3, 0.4) is 0 Å². The van der Waals surface area contributed by atoms with Crippen LogP contribution in [-0.2, 0) is 20.9 Å². The third-order valence-corrected chi connectivity index (χ3v) is 6.41. The first-order valence-corrected chi connectivity index (χ1v) is 11.7. The van der Waals surface area contributed by atoms with Crippen LogP contribution in [0.5, 0.6) is 11.5 Å². The zero-order chi connectivity index (χ0) is 24.9. The SMILES string of the molecule is COc1ccccc1CNC(=O)C[C@H]1CC[C@@H]2[C@H](COc3ccc(NC(C)=O)cc3C(=O)N2C)O1. The molecule has 0 aliphatic carbocycles. The molecule has 0 aromatic heterocycles. The zero-order valence-corrected chi connectivity index (χ0v) is 20.2. The van der Waals surface area contributed by atoms with E-state index in [2.05, 4.69) is 10.6 Å². The van der Waals surface area contributed by atoms with Crippen LogP contribution in [0.4, 0.5) is 5.69 Å². The molecular formula is C26H31N3O6. The molecule has 186 valence electrons. The summed E-state index contributed by atoms with van der Waals surface area (Å²) >= 11 is 0. The number of anilines is 1. The molecule has 2 N–H and O–H groups in total. The summed E-state index contributed by atoms with van der Waals surface area (Å²) in [6, 6.07) is 12.4. The number of nitrogens with zero attached hydrogens (tertiary/aromatic N) is 1. The van der Waals surface area contributed by atoms with E-state index < -0.39 is 0 Å². The van der Waals surface area contributed by atoms with Gasteiger partial charge in [-0.2, -0.15) is 0 Å². The lowest BCUT2D eigenvalue weighted by atomic mass is 9.94. The van der Waals surface area contributed by atoms with Crippen molar-refractivity contribution in [2.45, 2.75) is 51.0 Å². The Labute approximate surface area is 204 Å². The van der Waals surface area contributed by atoms with Crippen molar-refractivity contribution >= 4 is 23.4 Å². The van der Waals surface area contributed by atoms with Crippen molar-refractivity contribution in [1.29, 1.82) is 0 Å². The lowest BCUT2D eigenvalue weighted by Crippen LogP contribution is -2.53. The van der Waals surface area contributed by atoms with E-state index in [4.69, 9.17) is 14.2 Å². The van der Waals surface area contributed by atoms with Gasteiger partial charge >= 0.3 is 0 Å². The third kappa shape index (κ3) is 5.74. The van der Waals surface area contributed by atoms with Crippen LogP contribution in [0.25, 0.3) is 0 Å². The molecule has 0 unspecified atom stereocenters. The van der Waals surface area contributed by atoms with Gasteiger partial charge in [0.25, 0.3) is 5.91 Å². The van der Waals surface area contributed by atoms with E-state index in [-0.39, 0.29) is 49.0 Å². The molecule has 2 aliphatic rings. The number of hydrogen-bond donors (Lipinski definition) is 2. The minimum absolute atomic E-state index is 0.105. The van der Waals surface area contributed by atoms with E-state index in [1.807, 2.05) is 24.3 Å². The van der Waals surface area contributed by atoms with Gasteiger partial charge in [0.15, 0.2) is 0 Å². The maximum absolute atomic E-state index is 13.2. The van der Waals surface area contributed by atoms with Gasteiger partial charge in [-0.15, -0.1) is 0 Å². The van der Waals surface area contributed by atoms with Crippen molar-refractivity contribution in [2.24, 2.45) is 0 Å². The lowest BCUT2D eigenvalue weighted by molar-refractivity contribution is -0.134. The number of nitrogens with one attached hydrogen (secondary N) is 2. The number of fused-ring (bicyclic) bond motifs is 2. The molecule has 2 heterocycles. The summed E-state index contributed by atoms with van der Waals surface area (Å²) in [5.41, 5.74) is 1.84. The van der Waals surface area contributed by atoms with Crippen LogP contribution in [0.1, 0.15) is 42.1 Å². The Morgan fingerprint density at radius 3 is 2.74 bits per heavy atom. The number of para-hydroxylation sites is 1. The lowest BCUT2D eigenvalue weighted by Gasteiger charge is -2.42. The fourth-order valence-corrected chi connectivity index (χ4v) is 4.63. The Kier molecular flexibility index (Phi) is 7.55. The number of carbonyl (C=O) groups excluding carboxylic acids is 3. The minimum Gasteiger partial charge on any atom is -0.496 e. The molecule has 0 spiro atoms. The van der Waals surface area contributed by atoms with Crippen molar-refractivity contribution in [2.75, 3.05) is 26.1 Å². The maximum atomic E-state index is 13.2. The molecule has 2 aliphatic heterocycles. The van der Waals surface area contributed by atoms with Gasteiger partial charge in [0.05, 0.1) is 31.2 Å². The highest BCUT2D eigenvalue weighted by molar-refractivity contribution is 5.99. The van der Waals surface area contributed by atoms with Crippen molar-refractivity contribution in [1.82, 2.24) is 10.2 Å². The smallest absolute Gasteiger partial charge is 0.257 e. The number of amides is 3. The van der Waals surface area contributed by atoms with E-state index in [1.54, 1.807) is 37.3 Å². The largest absolute Gasteiger partial charge is 0.496 e. The molecule has 4 rings (SSSR count). The van der Waals surface area contributed by atoms with Gasteiger partial charge in [-0.1, -0.05) is 18.2 Å². The number of carbonyl (C=O) groups is 3. The first-order chi connectivity index (χ1) is 16.9. The number of hydrogen-bond acceptors (Lipinski definition) is 6. The zero-order valence-electron chi connectivity index (χ0n) is 20.2. The molecule has 3 atom stereocenters. The summed E-state index contributed by atoms with van der Waals surface area (Å²) in [5, 5.41) is 5.64. The van der Waals surface area contributed by atoms with E-state index in [0.29, 0.717) is 36.4 Å². The number of ether oxygens (including phenoxy) is 3. The van der Waals surface area contributed by atoms with Gasteiger partial charge in [0.2, 0.25) is 11.8 Å². The highest BCUT2D eigenvalue weighted by Crippen LogP contribution is 2.32. The van der Waals surface area contributed by atoms with Gasteiger partial charge in [0, 0.05) is 31.8 Å². The average Bonchev–Trinajstić information content (AvgIpc) is 2.85. The molecule has 1 fully saturated rings. The molecule has 9 nitrogen and oxygen atoms in total. The van der Waals surface area contributed by atoms with Crippen molar-refractivity contribution < 1.29 is 28.6 Å². The Morgan fingerprint density at radius 1 is 1.17 bits per heavy atom. The molecule has 1 saturated heterocycles. The quantitative estimate of drug-likeness (QED) is 0.657. The number of methoxy groups -OCH3 is 1. The predicted octanol–water partition coefficient (Wildman–Crippen LogP) is 2.74. The summed E-state index contributed by atoms with van der Waals surface area (Å²) < 4.78 is 17.5. The molecule has 2 aromatic rings. The Balaban J connectivity index is 1.38. The molecule has 0 radical (unpaired) electrons. The van der Waals surface area contributed by atoms with Crippen molar-refractivity contribution in [3.63, 3.8) is 0 Å². The van der Waals surface area contributed by atoms with Gasteiger partial charge in [-0.3, -0.25) is 14.4 Å². The minimum atomic E-state index is -0.354. The van der Waals surface area contributed by atoms with Crippen LogP contribution < -0.4 is 20.1 Å². The summed E-state index contributed by atoms with van der Waals surface area (Å²) in [7, 11) is 3.36. The molecular weight excluding hydrogens is 450 g/mol. The average molecular weight is 482 g/mol. The fraction of sp³-hybridized carbons (Fsp3) is 0.423. The standard InChI is InChI=1S/C26H31N3O6/c1-16(30)28-18-8-11-23-20(12-18)26(32)29(2)21-10-9-19(35-24(21)15-34-23)13-25(31)27-14-17-6-4-5-7-22(17)33-3/h4-8,11-12,19,21,24H,9-10,13-15H2,1-3H3,(H,27,31)(H,28,30)/t19-,21-,24+/m1/s1. The Hall–Kier alpha value is -3.59. The number of benzene rings is 2. The van der Waals surface area contributed by atoms with Gasteiger partial charge < -0.3 is 29.7 Å². The van der Waals surface area contributed by atoms with Gasteiger partial charge in [-0.25, -0.2) is 0 Å². The van der Waals surface area contributed by atoms with Crippen LogP contribution in [0.2, 0.25) is 0 Å². The van der Waals surface area contributed by atoms with Crippen molar-refractivity contribution in [3.05, 3.63) is 53.6 Å². The summed E-state index contributed by atoms with van der Waals surface area (Å²) in [5.74, 6) is 0.657. The summed E-state index contributed by atoms with van der Waals surface area (Å²) in [6.45, 7) is 2.05. The second-order valence-electron chi connectivity index (χ2n) is 8.85. The van der Waals surface area contributed by atoms with E-state index in [1.165, 1.54) is 6.92 Å². The fourth-order valence-electron chi connectivity index (χ4n) is 4.63. The predicted molar refractivity (Wildman–Crippen MR) is 129 cm³/mol. The van der Waals surface area contributed by atoms with E-state index in [0.717, 1.165) is 11.3 Å². The topological polar surface area (TPSA) is 106 Å². The molecule has 0 saturated carbocycles. The Morgan fingerprint density at radius 2 is 1.97 bits per heavy atom. The van der Waals surface area contributed by atoms with Crippen LogP contribution in [-0.4, -0.2) is 61.6 Å². The first kappa shape index (κ1) is 24.5. The second kappa shape index (κ2) is 10.8. The molecule has 9 heteroatoms. The highest BCUT2D eigenvalue weighted by atomic mass is 16.5. The molecule has 3 amide bonds. The molecule has 2 aromatic carbocycles.